The average Bonchev–Trinajstić information content (AvgIpc) is 3.15. The molecular weight excluding hydrogens is 593 g/mol. The third kappa shape index (κ3) is 4.68. The Balaban J connectivity index is 1.88. The summed E-state index contributed by atoms with van der Waals surface area (Å²) >= 11 is 2.07. The van der Waals surface area contributed by atoms with Crippen LogP contribution in [0.3, 0.4) is 0 Å². The Labute approximate surface area is 224 Å². The maximum Gasteiger partial charge on any atom is 0.407 e. The van der Waals surface area contributed by atoms with Gasteiger partial charge in [-0.05, 0) is 87.3 Å². The van der Waals surface area contributed by atoms with Gasteiger partial charge in [0.25, 0.3) is 10.0 Å². The van der Waals surface area contributed by atoms with Crippen LogP contribution in [0, 0.1) is 10.5 Å². The molecule has 8 nitrogen and oxygen atoms in total. The molecule has 190 valence electrons. The molecule has 4 rings (SSSR count). The van der Waals surface area contributed by atoms with Crippen LogP contribution in [0.15, 0.2) is 47.6 Å². The lowest BCUT2D eigenvalue weighted by molar-refractivity contribution is 0.0678. The van der Waals surface area contributed by atoms with Crippen molar-refractivity contribution in [2.45, 2.75) is 63.4 Å². The second kappa shape index (κ2) is 9.62. The zero-order chi connectivity index (χ0) is 26.4. The molecule has 0 radical (unpaired) electrons. The van der Waals surface area contributed by atoms with Crippen LogP contribution < -0.4 is 0 Å². The number of carbonyl (C=O) groups excluding carboxylic acids is 1. The number of nitrogens with zero attached hydrogens (tertiary/aromatic N) is 3. The van der Waals surface area contributed by atoms with Crippen LogP contribution in [0.2, 0.25) is 0 Å². The Kier molecular flexibility index (Phi) is 7.04. The number of allylic oxidation sites excluding steroid dienone is 1. The summed E-state index contributed by atoms with van der Waals surface area (Å²) in [6.45, 7) is 7.47. The van der Waals surface area contributed by atoms with E-state index in [1.807, 2.05) is 33.8 Å². The van der Waals surface area contributed by atoms with E-state index in [-0.39, 0.29) is 16.6 Å². The molecule has 0 spiro atoms. The number of carbonyl (C=O) groups is 2. The first-order chi connectivity index (χ1) is 16.9. The monoisotopic (exact) mass is 621 g/mol. The molecule has 0 bridgehead atoms. The summed E-state index contributed by atoms with van der Waals surface area (Å²) in [6, 6.07) is 6.32. The molecule has 0 saturated carbocycles. The fourth-order valence-electron chi connectivity index (χ4n) is 4.88. The Hall–Kier alpha value is -2.73. The molecule has 1 N–H and O–H groups in total. The molecule has 0 aliphatic heterocycles. The minimum atomic E-state index is -3.93. The van der Waals surface area contributed by atoms with E-state index >= 15 is 0 Å². The number of aromatic nitrogens is 2. The summed E-state index contributed by atoms with van der Waals surface area (Å²) in [5.41, 5.74) is 2.35. The Bertz CT molecular complexity index is 1480. The van der Waals surface area contributed by atoms with Crippen molar-refractivity contribution < 1.29 is 23.1 Å². The zero-order valence-electron chi connectivity index (χ0n) is 20.5. The van der Waals surface area contributed by atoms with Gasteiger partial charge in [-0.3, -0.25) is 4.79 Å². The van der Waals surface area contributed by atoms with Gasteiger partial charge in [0, 0.05) is 44.1 Å². The number of pyridine rings is 1. The van der Waals surface area contributed by atoms with Gasteiger partial charge in [0.2, 0.25) is 0 Å². The van der Waals surface area contributed by atoms with E-state index < -0.39 is 21.7 Å². The predicted molar refractivity (Wildman–Crippen MR) is 147 cm³/mol. The smallest absolute Gasteiger partial charge is 0.407 e. The number of aryl methyl sites for hydroxylation is 1. The number of aldehydes is 1. The Morgan fingerprint density at radius 1 is 1.25 bits per heavy atom. The lowest BCUT2D eigenvalue weighted by Crippen LogP contribution is -2.51. The highest BCUT2D eigenvalue weighted by atomic mass is 127. The first kappa shape index (κ1) is 26.3. The van der Waals surface area contributed by atoms with E-state index in [9.17, 15) is 23.1 Å². The fourth-order valence-corrected chi connectivity index (χ4v) is 7.18. The first-order valence-electron chi connectivity index (χ1n) is 11.5. The van der Waals surface area contributed by atoms with E-state index in [0.29, 0.717) is 45.6 Å². The summed E-state index contributed by atoms with van der Waals surface area (Å²) in [7, 11) is -3.93. The summed E-state index contributed by atoms with van der Waals surface area (Å²) in [6.07, 6.45) is 6.37. The Morgan fingerprint density at radius 2 is 1.92 bits per heavy atom. The van der Waals surface area contributed by atoms with Crippen molar-refractivity contribution in [3.8, 4) is 0 Å². The SMILES string of the molecule is Cc1ccc(S(=O)(=O)n2cc(I)c3c(C4=CCCC(N(C(=O)O)C(C)(C)C)C4)c(C=O)cnc32)cc1. The molecule has 36 heavy (non-hydrogen) atoms. The molecule has 2 aromatic heterocycles. The van der Waals surface area contributed by atoms with Crippen molar-refractivity contribution in [2.24, 2.45) is 0 Å². The zero-order valence-corrected chi connectivity index (χ0v) is 23.5. The molecule has 1 aliphatic rings. The highest BCUT2D eigenvalue weighted by Gasteiger charge is 2.35. The van der Waals surface area contributed by atoms with Crippen LogP contribution in [-0.2, 0) is 10.0 Å². The van der Waals surface area contributed by atoms with Crippen molar-refractivity contribution in [1.29, 1.82) is 0 Å². The fraction of sp³-hybridized carbons (Fsp3) is 0.346. The van der Waals surface area contributed by atoms with E-state index in [4.69, 9.17) is 0 Å². The number of carboxylic acid groups (broad SMARTS) is 1. The highest BCUT2D eigenvalue weighted by Crippen LogP contribution is 2.39. The van der Waals surface area contributed by atoms with Crippen LogP contribution in [0.5, 0.6) is 0 Å². The van der Waals surface area contributed by atoms with Crippen LogP contribution in [0.25, 0.3) is 16.6 Å². The van der Waals surface area contributed by atoms with Gasteiger partial charge in [-0.2, -0.15) is 0 Å². The van der Waals surface area contributed by atoms with E-state index in [2.05, 4.69) is 27.6 Å². The summed E-state index contributed by atoms with van der Waals surface area (Å²) in [4.78, 5) is 30.2. The lowest BCUT2D eigenvalue weighted by atomic mass is 9.85. The van der Waals surface area contributed by atoms with E-state index in [1.165, 1.54) is 17.3 Å². The van der Waals surface area contributed by atoms with Gasteiger partial charge in [-0.15, -0.1) is 0 Å². The number of rotatable bonds is 5. The third-order valence-corrected chi connectivity index (χ3v) is 8.91. The summed E-state index contributed by atoms with van der Waals surface area (Å²) in [5.74, 6) is 0. The largest absolute Gasteiger partial charge is 0.465 e. The first-order valence-corrected chi connectivity index (χ1v) is 14.1. The van der Waals surface area contributed by atoms with Crippen molar-refractivity contribution in [1.82, 2.24) is 13.9 Å². The summed E-state index contributed by atoms with van der Waals surface area (Å²) < 4.78 is 28.8. The third-order valence-electron chi connectivity index (χ3n) is 6.43. The normalized spacial score (nSPS) is 16.6. The topological polar surface area (TPSA) is 110 Å². The number of benzene rings is 1. The van der Waals surface area contributed by atoms with Gasteiger partial charge in [0.1, 0.15) is 0 Å². The van der Waals surface area contributed by atoms with Crippen molar-refractivity contribution >= 4 is 61.6 Å². The van der Waals surface area contributed by atoms with Gasteiger partial charge in [-0.25, -0.2) is 22.2 Å². The van der Waals surface area contributed by atoms with Gasteiger partial charge in [-0.1, -0.05) is 23.8 Å². The van der Waals surface area contributed by atoms with Crippen LogP contribution in [-0.4, -0.2) is 51.3 Å². The van der Waals surface area contributed by atoms with Crippen molar-refractivity contribution in [3.05, 3.63) is 63.0 Å². The van der Waals surface area contributed by atoms with Crippen molar-refractivity contribution in [3.63, 3.8) is 0 Å². The van der Waals surface area contributed by atoms with Gasteiger partial charge in [0.05, 0.1) is 4.90 Å². The number of halogens is 1. The molecule has 0 fully saturated rings. The van der Waals surface area contributed by atoms with Gasteiger partial charge in [0.15, 0.2) is 11.9 Å². The highest BCUT2D eigenvalue weighted by molar-refractivity contribution is 14.1. The Morgan fingerprint density at radius 3 is 2.50 bits per heavy atom. The van der Waals surface area contributed by atoms with E-state index in [1.54, 1.807) is 24.3 Å². The molecule has 1 aliphatic carbocycles. The lowest BCUT2D eigenvalue weighted by Gasteiger charge is -2.41. The van der Waals surface area contributed by atoms with Gasteiger partial charge < -0.3 is 10.0 Å². The maximum atomic E-state index is 13.5. The van der Waals surface area contributed by atoms with Crippen molar-refractivity contribution in [2.75, 3.05) is 0 Å². The number of amides is 1. The molecule has 1 amide bonds. The minimum Gasteiger partial charge on any atom is -0.465 e. The molecule has 10 heteroatoms. The molecule has 3 aromatic rings. The van der Waals surface area contributed by atoms with Crippen LogP contribution in [0.4, 0.5) is 4.79 Å². The second-order valence-electron chi connectivity index (χ2n) is 9.98. The molecule has 1 atom stereocenters. The second-order valence-corrected chi connectivity index (χ2v) is 13.0. The van der Waals surface area contributed by atoms with E-state index in [0.717, 1.165) is 15.1 Å². The van der Waals surface area contributed by atoms with Crippen LogP contribution in [0.1, 0.15) is 61.5 Å². The molecule has 2 heterocycles. The van der Waals surface area contributed by atoms with Gasteiger partial charge >= 0.3 is 6.09 Å². The molecular formula is C26H28IN3O5S. The number of hydrogen-bond donors (Lipinski definition) is 1. The molecule has 1 aromatic carbocycles. The maximum absolute atomic E-state index is 13.5. The molecule has 0 saturated heterocycles. The standard InChI is InChI=1S/C26H28IN3O5S/c1-16-8-10-20(11-9-16)36(34,35)29-14-21(27)23-22(18(15-31)13-28-24(23)29)17-6-5-7-19(12-17)30(25(32)33)26(2,3)4/h6,8-11,13-15,19H,5,7,12H2,1-4H3,(H,32,33). The molecule has 1 unspecified atom stereocenters. The number of fused-ring (bicyclic) bond motifs is 1. The minimum absolute atomic E-state index is 0.142. The van der Waals surface area contributed by atoms with Crippen LogP contribution >= 0.6 is 22.6 Å². The quantitative estimate of drug-likeness (QED) is 0.289. The predicted octanol–water partition coefficient (Wildman–Crippen LogP) is 5.71. The average molecular weight is 621 g/mol. The summed E-state index contributed by atoms with van der Waals surface area (Å²) in [5, 5.41) is 10.5. The number of hydrogen-bond acceptors (Lipinski definition) is 5.